The van der Waals surface area contributed by atoms with Crippen LogP contribution in [0.15, 0.2) is 60.7 Å². The first-order valence-electron chi connectivity index (χ1n) is 9.59. The summed E-state index contributed by atoms with van der Waals surface area (Å²) in [6.07, 6.45) is 0.229. The van der Waals surface area contributed by atoms with E-state index in [-0.39, 0.29) is 19.0 Å². The van der Waals surface area contributed by atoms with E-state index in [0.717, 1.165) is 11.1 Å². The Morgan fingerprint density at radius 3 is 1.90 bits per heavy atom. The van der Waals surface area contributed by atoms with Crippen molar-refractivity contribution < 1.29 is 23.9 Å². The van der Waals surface area contributed by atoms with Gasteiger partial charge < -0.3 is 20.1 Å². The molecule has 1 saturated carbocycles. The highest BCUT2D eigenvalue weighted by atomic mass is 16.6. The average molecular weight is 396 g/mol. The summed E-state index contributed by atoms with van der Waals surface area (Å²) in [5.74, 6) is -0.138. The molecule has 0 heterocycles. The van der Waals surface area contributed by atoms with Gasteiger partial charge in [0.15, 0.2) is 5.78 Å². The maximum absolute atomic E-state index is 12.3. The molecule has 29 heavy (non-hydrogen) atoms. The fourth-order valence-electron chi connectivity index (χ4n) is 3.19. The lowest BCUT2D eigenvalue weighted by Gasteiger charge is -2.30. The van der Waals surface area contributed by atoms with Crippen LogP contribution in [0.3, 0.4) is 0 Å². The summed E-state index contributed by atoms with van der Waals surface area (Å²) in [7, 11) is 0. The summed E-state index contributed by atoms with van der Waals surface area (Å²) in [6, 6.07) is 17.2. The van der Waals surface area contributed by atoms with Crippen LogP contribution < -0.4 is 10.6 Å². The molecule has 0 spiro atoms. The van der Waals surface area contributed by atoms with Gasteiger partial charge in [-0.25, -0.2) is 9.59 Å². The molecule has 2 aromatic rings. The van der Waals surface area contributed by atoms with E-state index in [4.69, 9.17) is 9.47 Å². The van der Waals surface area contributed by atoms with Gasteiger partial charge in [0, 0.05) is 6.42 Å². The Balaban J connectivity index is 1.50. The van der Waals surface area contributed by atoms with Crippen LogP contribution in [0.2, 0.25) is 0 Å². The van der Waals surface area contributed by atoms with E-state index < -0.39 is 24.3 Å². The van der Waals surface area contributed by atoms with E-state index in [0.29, 0.717) is 19.3 Å². The summed E-state index contributed by atoms with van der Waals surface area (Å²) in [6.45, 7) is 0.231. The summed E-state index contributed by atoms with van der Waals surface area (Å²) in [5, 5.41) is 5.28. The molecule has 2 aromatic carbocycles. The third-order valence-electron chi connectivity index (χ3n) is 4.69. The first kappa shape index (κ1) is 20.4. The molecule has 2 amide bonds. The van der Waals surface area contributed by atoms with Crippen LogP contribution >= 0.6 is 0 Å². The van der Waals surface area contributed by atoms with E-state index in [1.165, 1.54) is 0 Å². The molecule has 2 atom stereocenters. The molecule has 0 radical (unpaired) electrons. The molecule has 0 aliphatic heterocycles. The van der Waals surface area contributed by atoms with Crippen LogP contribution in [0.25, 0.3) is 0 Å². The van der Waals surface area contributed by atoms with Crippen molar-refractivity contribution in [2.75, 3.05) is 0 Å². The van der Waals surface area contributed by atoms with Crippen LogP contribution in [0, 0.1) is 0 Å². The molecule has 7 heteroatoms. The lowest BCUT2D eigenvalue weighted by Crippen LogP contribution is -2.57. The lowest BCUT2D eigenvalue weighted by molar-refractivity contribution is -0.123. The van der Waals surface area contributed by atoms with Crippen LogP contribution in [-0.4, -0.2) is 30.1 Å². The number of amides is 2. The quantitative estimate of drug-likeness (QED) is 0.781. The second kappa shape index (κ2) is 10.3. The Bertz CT molecular complexity index is 826. The predicted octanol–water partition coefficient (Wildman–Crippen LogP) is 3.33. The van der Waals surface area contributed by atoms with Gasteiger partial charge in [0.1, 0.15) is 19.3 Å². The molecule has 3 rings (SSSR count). The van der Waals surface area contributed by atoms with E-state index in [1.54, 1.807) is 0 Å². The van der Waals surface area contributed by atoms with E-state index >= 15 is 0 Å². The molecule has 2 N–H and O–H groups in total. The number of ketones is 1. The number of hydrogen-bond donors (Lipinski definition) is 2. The summed E-state index contributed by atoms with van der Waals surface area (Å²) in [4.78, 5) is 36.6. The van der Waals surface area contributed by atoms with Gasteiger partial charge in [0.25, 0.3) is 0 Å². The summed E-state index contributed by atoms with van der Waals surface area (Å²) >= 11 is 0. The van der Waals surface area contributed by atoms with Gasteiger partial charge in [0.05, 0.1) is 6.04 Å². The van der Waals surface area contributed by atoms with E-state index in [2.05, 4.69) is 10.6 Å². The minimum Gasteiger partial charge on any atom is -0.445 e. The zero-order valence-electron chi connectivity index (χ0n) is 16.0. The van der Waals surface area contributed by atoms with Crippen LogP contribution in [0.4, 0.5) is 9.59 Å². The molecular formula is C22H24N2O5. The third-order valence-corrected chi connectivity index (χ3v) is 4.69. The number of carbonyl (C=O) groups is 3. The lowest BCUT2D eigenvalue weighted by atomic mass is 9.89. The monoisotopic (exact) mass is 396 g/mol. The predicted molar refractivity (Wildman–Crippen MR) is 106 cm³/mol. The maximum atomic E-state index is 12.3. The van der Waals surface area contributed by atoms with Gasteiger partial charge in [-0.3, -0.25) is 4.79 Å². The van der Waals surface area contributed by atoms with Gasteiger partial charge in [-0.15, -0.1) is 0 Å². The number of hydrogen-bond acceptors (Lipinski definition) is 5. The second-order valence-corrected chi connectivity index (χ2v) is 6.85. The largest absolute Gasteiger partial charge is 0.445 e. The zero-order valence-corrected chi connectivity index (χ0v) is 16.0. The first-order chi connectivity index (χ1) is 14.1. The van der Waals surface area contributed by atoms with Crippen molar-refractivity contribution in [2.24, 2.45) is 0 Å². The van der Waals surface area contributed by atoms with Gasteiger partial charge >= 0.3 is 12.2 Å². The fourth-order valence-corrected chi connectivity index (χ4v) is 3.19. The molecule has 1 aliphatic carbocycles. The highest BCUT2D eigenvalue weighted by Crippen LogP contribution is 2.17. The molecule has 7 nitrogen and oxygen atoms in total. The maximum Gasteiger partial charge on any atom is 0.408 e. The Labute approximate surface area is 169 Å². The number of alkyl carbamates (subject to hydrolysis) is 2. The highest BCUT2D eigenvalue weighted by molar-refractivity contribution is 5.89. The van der Waals surface area contributed by atoms with Crippen molar-refractivity contribution in [1.29, 1.82) is 0 Å². The van der Waals surface area contributed by atoms with Crippen molar-refractivity contribution in [3.63, 3.8) is 0 Å². The Morgan fingerprint density at radius 2 is 1.34 bits per heavy atom. The van der Waals surface area contributed by atoms with Crippen LogP contribution in [-0.2, 0) is 27.5 Å². The molecule has 1 fully saturated rings. The number of ether oxygens (including phenoxy) is 2. The number of carbonyl (C=O) groups excluding carboxylic acids is 3. The van der Waals surface area contributed by atoms with Crippen molar-refractivity contribution in [1.82, 2.24) is 10.6 Å². The molecule has 0 unspecified atom stereocenters. The molecular weight excluding hydrogens is 372 g/mol. The Kier molecular flexibility index (Phi) is 7.22. The van der Waals surface area contributed by atoms with Gasteiger partial charge in [-0.05, 0) is 24.0 Å². The number of benzene rings is 2. The Hall–Kier alpha value is -3.35. The number of rotatable bonds is 6. The van der Waals surface area contributed by atoms with E-state index in [1.807, 2.05) is 60.7 Å². The summed E-state index contributed by atoms with van der Waals surface area (Å²) < 4.78 is 10.4. The average Bonchev–Trinajstić information content (AvgIpc) is 2.75. The van der Waals surface area contributed by atoms with Crippen molar-refractivity contribution in [2.45, 2.75) is 44.6 Å². The number of Topliss-reactive ketones (excluding diaryl/α,β-unsaturated/α-hetero) is 1. The Morgan fingerprint density at radius 1 is 0.828 bits per heavy atom. The fraction of sp³-hybridized carbons (Fsp3) is 0.318. The topological polar surface area (TPSA) is 93.7 Å². The molecule has 0 bridgehead atoms. The second-order valence-electron chi connectivity index (χ2n) is 6.85. The SMILES string of the molecule is O=C(N[C@H]1CCCC(=O)[C@H]1NC(=O)OCc1ccccc1)OCc1ccccc1. The highest BCUT2D eigenvalue weighted by Gasteiger charge is 2.34. The molecule has 1 aliphatic rings. The van der Waals surface area contributed by atoms with Crippen LogP contribution in [0.5, 0.6) is 0 Å². The van der Waals surface area contributed by atoms with Crippen LogP contribution in [0.1, 0.15) is 30.4 Å². The van der Waals surface area contributed by atoms with Gasteiger partial charge in [-0.1, -0.05) is 60.7 Å². The first-order valence-corrected chi connectivity index (χ1v) is 9.59. The smallest absolute Gasteiger partial charge is 0.408 e. The minimum atomic E-state index is -0.837. The van der Waals surface area contributed by atoms with Crippen molar-refractivity contribution in [3.05, 3.63) is 71.8 Å². The standard InChI is InChI=1S/C22H24N2O5/c25-19-13-7-12-18(23-21(26)28-14-16-8-3-1-4-9-16)20(19)24-22(27)29-15-17-10-5-2-6-11-17/h1-6,8-11,18,20H,7,12-15H2,(H,23,26)(H,24,27)/t18-,20-/m0/s1. The third kappa shape index (κ3) is 6.34. The minimum absolute atomic E-state index is 0.102. The van der Waals surface area contributed by atoms with Gasteiger partial charge in [0.2, 0.25) is 0 Å². The normalized spacial score (nSPS) is 18.6. The molecule has 0 saturated heterocycles. The van der Waals surface area contributed by atoms with Crippen molar-refractivity contribution in [3.8, 4) is 0 Å². The molecule has 0 aromatic heterocycles. The number of nitrogens with one attached hydrogen (secondary N) is 2. The van der Waals surface area contributed by atoms with E-state index in [9.17, 15) is 14.4 Å². The summed E-state index contributed by atoms with van der Waals surface area (Å²) in [5.41, 5.74) is 1.71. The van der Waals surface area contributed by atoms with Crippen molar-refractivity contribution >= 4 is 18.0 Å². The molecule has 152 valence electrons. The zero-order chi connectivity index (χ0) is 20.5. The van der Waals surface area contributed by atoms with Gasteiger partial charge in [-0.2, -0.15) is 0 Å².